The molecule has 1 rings (SSSR count). The number of aliphatic hydroxyl groups is 1. The average molecular weight is 185 g/mol. The molecule has 76 valence electrons. The van der Waals surface area contributed by atoms with Gasteiger partial charge >= 0.3 is 0 Å². The summed E-state index contributed by atoms with van der Waals surface area (Å²) in [7, 11) is 0. The summed E-state index contributed by atoms with van der Waals surface area (Å²) in [6.45, 7) is 3.80. The monoisotopic (exact) mass is 185 g/mol. The van der Waals surface area contributed by atoms with E-state index in [0.29, 0.717) is 0 Å². The molecule has 0 aromatic carbocycles. The van der Waals surface area contributed by atoms with Crippen LogP contribution in [0.5, 0.6) is 0 Å². The third kappa shape index (κ3) is 2.69. The van der Waals surface area contributed by atoms with Gasteiger partial charge in [-0.3, -0.25) is 4.79 Å². The molecule has 1 saturated carbocycles. The van der Waals surface area contributed by atoms with Crippen LogP contribution in [0.25, 0.3) is 0 Å². The summed E-state index contributed by atoms with van der Waals surface area (Å²) in [6.07, 6.45) is 4.01. The van der Waals surface area contributed by atoms with Gasteiger partial charge in [-0.1, -0.05) is 6.92 Å². The Labute approximate surface area is 79.5 Å². The zero-order valence-corrected chi connectivity index (χ0v) is 8.47. The number of hydrogen-bond donors (Lipinski definition) is 2. The first kappa shape index (κ1) is 10.5. The maximum Gasteiger partial charge on any atom is 0.217 e. The molecule has 1 fully saturated rings. The molecule has 0 bridgehead atoms. The first-order valence-electron chi connectivity index (χ1n) is 4.97. The molecule has 0 atom stereocenters. The highest BCUT2D eigenvalue weighted by Gasteiger charge is 2.33. The highest BCUT2D eigenvalue weighted by Crippen LogP contribution is 2.31. The minimum Gasteiger partial charge on any atom is -0.394 e. The van der Waals surface area contributed by atoms with Gasteiger partial charge in [-0.25, -0.2) is 0 Å². The number of carbonyl (C=O) groups is 1. The van der Waals surface area contributed by atoms with Gasteiger partial charge in [0.1, 0.15) is 0 Å². The zero-order valence-electron chi connectivity index (χ0n) is 8.47. The van der Waals surface area contributed by atoms with Gasteiger partial charge in [0.15, 0.2) is 0 Å². The Morgan fingerprint density at radius 3 is 2.46 bits per heavy atom. The number of nitrogens with one attached hydrogen (secondary N) is 1. The average Bonchev–Trinajstić information content (AvgIpc) is 2.09. The number of amides is 1. The molecule has 2 N–H and O–H groups in total. The van der Waals surface area contributed by atoms with E-state index in [9.17, 15) is 9.90 Å². The van der Waals surface area contributed by atoms with Crippen molar-refractivity contribution >= 4 is 5.91 Å². The van der Waals surface area contributed by atoms with Gasteiger partial charge in [0.05, 0.1) is 12.1 Å². The Kier molecular flexibility index (Phi) is 3.31. The van der Waals surface area contributed by atoms with Crippen molar-refractivity contribution in [2.24, 2.45) is 5.92 Å². The molecule has 3 heteroatoms. The van der Waals surface area contributed by atoms with Crippen molar-refractivity contribution in [1.82, 2.24) is 5.32 Å². The van der Waals surface area contributed by atoms with Crippen LogP contribution in [0.15, 0.2) is 0 Å². The van der Waals surface area contributed by atoms with E-state index in [-0.39, 0.29) is 18.1 Å². The molecule has 1 aliphatic rings. The van der Waals surface area contributed by atoms with Crippen molar-refractivity contribution in [3.63, 3.8) is 0 Å². The lowest BCUT2D eigenvalue weighted by Gasteiger charge is -2.38. The summed E-state index contributed by atoms with van der Waals surface area (Å²) in [5, 5.41) is 12.1. The standard InChI is InChI=1S/C10H19NO2/c1-8-3-5-10(7-12,6-4-8)11-9(2)13/h8,12H,3-7H2,1-2H3,(H,11,13). The second-order valence-corrected chi connectivity index (χ2v) is 4.30. The normalized spacial score (nSPS) is 34.2. The van der Waals surface area contributed by atoms with Gasteiger partial charge in [-0.15, -0.1) is 0 Å². The lowest BCUT2D eigenvalue weighted by atomic mass is 9.77. The molecule has 0 spiro atoms. The molecule has 0 saturated heterocycles. The van der Waals surface area contributed by atoms with E-state index in [2.05, 4.69) is 12.2 Å². The second-order valence-electron chi connectivity index (χ2n) is 4.30. The fraction of sp³-hybridized carbons (Fsp3) is 0.900. The lowest BCUT2D eigenvalue weighted by Crippen LogP contribution is -2.52. The van der Waals surface area contributed by atoms with Crippen molar-refractivity contribution in [1.29, 1.82) is 0 Å². The Balaban J connectivity index is 2.55. The molecule has 1 aliphatic carbocycles. The van der Waals surface area contributed by atoms with E-state index in [4.69, 9.17) is 0 Å². The molecule has 3 nitrogen and oxygen atoms in total. The molecular formula is C10H19NO2. The first-order chi connectivity index (χ1) is 6.08. The van der Waals surface area contributed by atoms with Crippen LogP contribution >= 0.6 is 0 Å². The number of aliphatic hydroxyl groups excluding tert-OH is 1. The topological polar surface area (TPSA) is 49.3 Å². The summed E-state index contributed by atoms with van der Waals surface area (Å²) >= 11 is 0. The Morgan fingerprint density at radius 2 is 2.08 bits per heavy atom. The van der Waals surface area contributed by atoms with Crippen LogP contribution in [-0.4, -0.2) is 23.2 Å². The van der Waals surface area contributed by atoms with E-state index >= 15 is 0 Å². The predicted octanol–water partition coefficient (Wildman–Crippen LogP) is 1.06. The third-order valence-corrected chi connectivity index (χ3v) is 2.98. The summed E-state index contributed by atoms with van der Waals surface area (Å²) in [5.74, 6) is 0.692. The van der Waals surface area contributed by atoms with E-state index in [0.717, 1.165) is 31.6 Å². The third-order valence-electron chi connectivity index (χ3n) is 2.98. The summed E-state index contributed by atoms with van der Waals surface area (Å²) in [6, 6.07) is 0. The quantitative estimate of drug-likeness (QED) is 0.676. The fourth-order valence-electron chi connectivity index (χ4n) is 2.01. The molecule has 0 aliphatic heterocycles. The van der Waals surface area contributed by atoms with Crippen LogP contribution in [0, 0.1) is 5.92 Å². The van der Waals surface area contributed by atoms with Gasteiger partial charge in [-0.05, 0) is 31.6 Å². The molecular weight excluding hydrogens is 166 g/mol. The van der Waals surface area contributed by atoms with Gasteiger partial charge in [0.25, 0.3) is 0 Å². The van der Waals surface area contributed by atoms with E-state index < -0.39 is 0 Å². The first-order valence-corrected chi connectivity index (χ1v) is 4.97. The van der Waals surface area contributed by atoms with Crippen LogP contribution < -0.4 is 5.32 Å². The fourth-order valence-corrected chi connectivity index (χ4v) is 2.01. The minimum absolute atomic E-state index is 0.0383. The minimum atomic E-state index is -0.321. The molecule has 1 amide bonds. The molecule has 0 aromatic heterocycles. The van der Waals surface area contributed by atoms with Gasteiger partial charge in [0, 0.05) is 6.92 Å². The van der Waals surface area contributed by atoms with Crippen LogP contribution in [0.4, 0.5) is 0 Å². The molecule has 13 heavy (non-hydrogen) atoms. The highest BCUT2D eigenvalue weighted by molar-refractivity contribution is 5.73. The zero-order chi connectivity index (χ0) is 9.90. The number of hydrogen-bond acceptors (Lipinski definition) is 2. The maximum atomic E-state index is 10.9. The van der Waals surface area contributed by atoms with Crippen molar-refractivity contribution in [2.75, 3.05) is 6.61 Å². The van der Waals surface area contributed by atoms with Crippen molar-refractivity contribution in [2.45, 2.75) is 45.1 Å². The van der Waals surface area contributed by atoms with Crippen LogP contribution in [0.2, 0.25) is 0 Å². The van der Waals surface area contributed by atoms with Gasteiger partial charge in [0.2, 0.25) is 5.91 Å². The summed E-state index contributed by atoms with van der Waals surface area (Å²) in [5.41, 5.74) is -0.321. The molecule has 0 unspecified atom stereocenters. The lowest BCUT2D eigenvalue weighted by molar-refractivity contribution is -0.122. The van der Waals surface area contributed by atoms with E-state index in [1.807, 2.05) is 0 Å². The second kappa shape index (κ2) is 4.09. The van der Waals surface area contributed by atoms with Gasteiger partial charge < -0.3 is 10.4 Å². The van der Waals surface area contributed by atoms with Crippen molar-refractivity contribution < 1.29 is 9.90 Å². The number of carbonyl (C=O) groups excluding carboxylic acids is 1. The maximum absolute atomic E-state index is 10.9. The SMILES string of the molecule is CC(=O)NC1(CO)CCC(C)CC1. The van der Waals surface area contributed by atoms with Crippen molar-refractivity contribution in [3.05, 3.63) is 0 Å². The van der Waals surface area contributed by atoms with Crippen LogP contribution in [0.3, 0.4) is 0 Å². The van der Waals surface area contributed by atoms with E-state index in [1.54, 1.807) is 0 Å². The Morgan fingerprint density at radius 1 is 1.54 bits per heavy atom. The molecule has 0 aromatic rings. The smallest absolute Gasteiger partial charge is 0.217 e. The molecule has 0 heterocycles. The molecule has 0 radical (unpaired) electrons. The van der Waals surface area contributed by atoms with Crippen molar-refractivity contribution in [3.8, 4) is 0 Å². The van der Waals surface area contributed by atoms with Crippen LogP contribution in [-0.2, 0) is 4.79 Å². The van der Waals surface area contributed by atoms with E-state index in [1.165, 1.54) is 6.92 Å². The largest absolute Gasteiger partial charge is 0.394 e. The Hall–Kier alpha value is -0.570. The summed E-state index contributed by atoms with van der Waals surface area (Å²) in [4.78, 5) is 10.9. The van der Waals surface area contributed by atoms with Gasteiger partial charge in [-0.2, -0.15) is 0 Å². The predicted molar refractivity (Wildman–Crippen MR) is 51.3 cm³/mol. The van der Waals surface area contributed by atoms with Crippen LogP contribution in [0.1, 0.15) is 39.5 Å². The summed E-state index contributed by atoms with van der Waals surface area (Å²) < 4.78 is 0. The highest BCUT2D eigenvalue weighted by atomic mass is 16.3. The number of rotatable bonds is 2. The Bertz CT molecular complexity index is 183.